The molecule has 172 valence electrons. The summed E-state index contributed by atoms with van der Waals surface area (Å²) in [4.78, 5) is 36.1. The zero-order valence-electron chi connectivity index (χ0n) is 19.8. The Kier molecular flexibility index (Phi) is 5.38. The lowest BCUT2D eigenvalue weighted by Gasteiger charge is -2.47. The maximum atomic E-state index is 13.6. The molecule has 8 heteroatoms. The van der Waals surface area contributed by atoms with Crippen molar-refractivity contribution in [2.24, 2.45) is 0 Å². The molecule has 3 aromatic rings. The van der Waals surface area contributed by atoms with Gasteiger partial charge in [-0.25, -0.2) is 15.0 Å². The summed E-state index contributed by atoms with van der Waals surface area (Å²) in [5, 5.41) is 0. The fraction of sp³-hybridized carbons (Fsp3) is 0.480. The van der Waals surface area contributed by atoms with Crippen molar-refractivity contribution >= 4 is 11.9 Å². The van der Waals surface area contributed by atoms with E-state index in [1.165, 1.54) is 11.4 Å². The number of aromatic nitrogens is 5. The van der Waals surface area contributed by atoms with E-state index in [-0.39, 0.29) is 17.4 Å². The number of anilines is 1. The summed E-state index contributed by atoms with van der Waals surface area (Å²) in [5.41, 5.74) is 3.71. The summed E-state index contributed by atoms with van der Waals surface area (Å²) in [6, 6.07) is 5.92. The molecule has 0 radical (unpaired) electrons. The van der Waals surface area contributed by atoms with Crippen LogP contribution in [0.25, 0.3) is 0 Å². The van der Waals surface area contributed by atoms with Crippen LogP contribution in [0.2, 0.25) is 0 Å². The van der Waals surface area contributed by atoms with Gasteiger partial charge in [-0.2, -0.15) is 0 Å². The lowest BCUT2D eigenvalue weighted by Crippen LogP contribution is -2.54. The number of carbonyl (C=O) groups is 1. The third-order valence-corrected chi connectivity index (χ3v) is 7.02. The lowest BCUT2D eigenvalue weighted by molar-refractivity contribution is 0.0629. The first kappa shape index (κ1) is 21.6. The van der Waals surface area contributed by atoms with E-state index in [0.717, 1.165) is 43.3 Å². The topological polar surface area (TPSA) is 80.0 Å². The molecule has 1 amide bonds. The van der Waals surface area contributed by atoms with Gasteiger partial charge in [-0.1, -0.05) is 0 Å². The SMILES string of the molecule is Cc1ccnc(C(=O)N2Cc3c(nc(C)n3C(C)C)C3(CCN(c4ncccn4)CC3)C2)c1. The molecule has 1 spiro atoms. The van der Waals surface area contributed by atoms with Crippen LogP contribution in [-0.2, 0) is 12.0 Å². The van der Waals surface area contributed by atoms with Gasteiger partial charge in [-0.05, 0) is 64.3 Å². The number of nitrogens with zero attached hydrogens (tertiary/aromatic N) is 7. The number of amides is 1. The Morgan fingerprint density at radius 1 is 1.06 bits per heavy atom. The summed E-state index contributed by atoms with van der Waals surface area (Å²) < 4.78 is 2.30. The second-order valence-electron chi connectivity index (χ2n) is 9.61. The maximum Gasteiger partial charge on any atom is 0.272 e. The maximum absolute atomic E-state index is 13.6. The van der Waals surface area contributed by atoms with E-state index in [2.05, 4.69) is 45.2 Å². The summed E-state index contributed by atoms with van der Waals surface area (Å²) in [6.45, 7) is 11.3. The fourth-order valence-electron chi connectivity index (χ4n) is 5.47. The fourth-order valence-corrected chi connectivity index (χ4v) is 5.47. The van der Waals surface area contributed by atoms with Crippen molar-refractivity contribution in [3.8, 4) is 0 Å². The van der Waals surface area contributed by atoms with Gasteiger partial charge >= 0.3 is 0 Å². The molecular formula is C25H31N7O. The quantitative estimate of drug-likeness (QED) is 0.614. The van der Waals surface area contributed by atoms with E-state index in [4.69, 9.17) is 4.98 Å². The third-order valence-electron chi connectivity index (χ3n) is 7.02. The van der Waals surface area contributed by atoms with Gasteiger partial charge in [0.2, 0.25) is 5.95 Å². The number of carbonyl (C=O) groups excluding carboxylic acids is 1. The Labute approximate surface area is 194 Å². The molecule has 1 saturated heterocycles. The Morgan fingerprint density at radius 2 is 1.79 bits per heavy atom. The molecule has 5 heterocycles. The minimum atomic E-state index is -0.177. The molecule has 8 nitrogen and oxygen atoms in total. The van der Waals surface area contributed by atoms with Gasteiger partial charge in [-0.15, -0.1) is 0 Å². The highest BCUT2D eigenvalue weighted by molar-refractivity contribution is 5.92. The van der Waals surface area contributed by atoms with Crippen LogP contribution in [0.5, 0.6) is 0 Å². The first-order valence-corrected chi connectivity index (χ1v) is 11.7. The van der Waals surface area contributed by atoms with Crippen molar-refractivity contribution in [3.05, 3.63) is 65.3 Å². The molecule has 0 atom stereocenters. The van der Waals surface area contributed by atoms with Gasteiger partial charge in [0.15, 0.2) is 0 Å². The molecular weight excluding hydrogens is 414 g/mol. The molecule has 0 N–H and O–H groups in total. The number of aryl methyl sites for hydroxylation is 2. The van der Waals surface area contributed by atoms with Crippen LogP contribution in [0.1, 0.15) is 66.0 Å². The monoisotopic (exact) mass is 445 g/mol. The summed E-state index contributed by atoms with van der Waals surface area (Å²) in [6.07, 6.45) is 7.09. The molecule has 0 unspecified atom stereocenters. The average molecular weight is 446 g/mol. The molecule has 2 aliphatic heterocycles. The standard InChI is InChI=1S/C25H31N7O/c1-17(2)32-19(4)29-22-21(32)15-31(23(33)20-14-18(3)6-11-26-20)16-25(22)7-12-30(13-8-25)24-27-9-5-10-28-24/h5-6,9-11,14,17H,7-8,12-13,15-16H2,1-4H3. The predicted octanol–water partition coefficient (Wildman–Crippen LogP) is 3.46. The number of imidazole rings is 1. The lowest BCUT2D eigenvalue weighted by atomic mass is 9.72. The summed E-state index contributed by atoms with van der Waals surface area (Å²) in [7, 11) is 0. The third kappa shape index (κ3) is 3.77. The van der Waals surface area contributed by atoms with Crippen LogP contribution in [0, 0.1) is 13.8 Å². The number of hydrogen-bond donors (Lipinski definition) is 0. The number of hydrogen-bond acceptors (Lipinski definition) is 6. The van der Waals surface area contributed by atoms with Crippen molar-refractivity contribution < 1.29 is 4.79 Å². The minimum absolute atomic E-state index is 0.00768. The first-order chi connectivity index (χ1) is 15.9. The molecule has 2 aliphatic rings. The minimum Gasteiger partial charge on any atom is -0.341 e. The van der Waals surface area contributed by atoms with E-state index in [0.29, 0.717) is 18.8 Å². The first-order valence-electron chi connectivity index (χ1n) is 11.7. The van der Waals surface area contributed by atoms with Crippen LogP contribution in [-0.4, -0.2) is 54.9 Å². The van der Waals surface area contributed by atoms with Crippen molar-refractivity contribution in [2.45, 2.75) is 58.5 Å². The molecule has 0 aromatic carbocycles. The van der Waals surface area contributed by atoms with Crippen molar-refractivity contribution in [1.29, 1.82) is 0 Å². The Hall–Kier alpha value is -3.29. The molecule has 3 aromatic heterocycles. The molecule has 0 bridgehead atoms. The van der Waals surface area contributed by atoms with Gasteiger partial charge in [0.25, 0.3) is 5.91 Å². The number of rotatable bonds is 3. The average Bonchev–Trinajstić information content (AvgIpc) is 3.16. The highest BCUT2D eigenvalue weighted by Crippen LogP contribution is 2.43. The zero-order chi connectivity index (χ0) is 23.2. The van der Waals surface area contributed by atoms with Crippen LogP contribution in [0.15, 0.2) is 36.8 Å². The normalized spacial score (nSPS) is 17.5. The van der Waals surface area contributed by atoms with E-state index >= 15 is 0 Å². The number of fused-ring (bicyclic) bond motifs is 2. The summed E-state index contributed by atoms with van der Waals surface area (Å²) >= 11 is 0. The molecule has 0 aliphatic carbocycles. The second-order valence-corrected chi connectivity index (χ2v) is 9.61. The van der Waals surface area contributed by atoms with Crippen LogP contribution in [0.3, 0.4) is 0 Å². The van der Waals surface area contributed by atoms with Crippen molar-refractivity contribution in [1.82, 2.24) is 29.4 Å². The zero-order valence-corrected chi connectivity index (χ0v) is 19.8. The van der Waals surface area contributed by atoms with Gasteiger partial charge in [0.1, 0.15) is 11.5 Å². The number of piperidine rings is 1. The van der Waals surface area contributed by atoms with E-state index in [1.54, 1.807) is 18.6 Å². The van der Waals surface area contributed by atoms with Crippen LogP contribution < -0.4 is 4.90 Å². The Bertz CT molecular complexity index is 1160. The van der Waals surface area contributed by atoms with E-state index in [9.17, 15) is 4.79 Å². The summed E-state index contributed by atoms with van der Waals surface area (Å²) in [5.74, 6) is 1.78. The van der Waals surface area contributed by atoms with E-state index < -0.39 is 0 Å². The highest BCUT2D eigenvalue weighted by Gasteiger charge is 2.47. The largest absolute Gasteiger partial charge is 0.341 e. The molecule has 1 fully saturated rings. The van der Waals surface area contributed by atoms with Gasteiger partial charge < -0.3 is 14.4 Å². The van der Waals surface area contributed by atoms with Crippen molar-refractivity contribution in [3.63, 3.8) is 0 Å². The van der Waals surface area contributed by atoms with E-state index in [1.807, 2.05) is 30.0 Å². The Morgan fingerprint density at radius 3 is 2.45 bits per heavy atom. The molecule has 0 saturated carbocycles. The molecule has 33 heavy (non-hydrogen) atoms. The van der Waals surface area contributed by atoms with Gasteiger partial charge in [-0.3, -0.25) is 9.78 Å². The highest BCUT2D eigenvalue weighted by atomic mass is 16.2. The van der Waals surface area contributed by atoms with Crippen molar-refractivity contribution in [2.75, 3.05) is 24.5 Å². The van der Waals surface area contributed by atoms with Crippen LogP contribution >= 0.6 is 0 Å². The second kappa shape index (κ2) is 8.24. The van der Waals surface area contributed by atoms with Crippen LogP contribution in [0.4, 0.5) is 5.95 Å². The number of pyridine rings is 1. The Balaban J connectivity index is 1.51. The van der Waals surface area contributed by atoms with Gasteiger partial charge in [0.05, 0.1) is 17.9 Å². The predicted molar refractivity (Wildman–Crippen MR) is 126 cm³/mol. The van der Waals surface area contributed by atoms with Gasteiger partial charge in [0, 0.05) is 49.7 Å². The smallest absolute Gasteiger partial charge is 0.272 e. The molecule has 5 rings (SSSR count).